The van der Waals surface area contributed by atoms with Crippen molar-refractivity contribution in [2.45, 2.75) is 6.92 Å². The zero-order valence-corrected chi connectivity index (χ0v) is 6.99. The van der Waals surface area contributed by atoms with Crippen LogP contribution in [0.15, 0.2) is 23.8 Å². The molecule has 0 atom stereocenters. The summed E-state index contributed by atoms with van der Waals surface area (Å²) in [5, 5.41) is 0. The van der Waals surface area contributed by atoms with Crippen molar-refractivity contribution in [3.05, 3.63) is 23.8 Å². The second-order valence-electron chi connectivity index (χ2n) is 2.71. The highest BCUT2D eigenvalue weighted by Gasteiger charge is 2.13. The van der Waals surface area contributed by atoms with Gasteiger partial charge in [0.25, 0.3) is 0 Å². The average Bonchev–Trinajstić information content (AvgIpc) is 2.28. The fourth-order valence-corrected chi connectivity index (χ4v) is 1.05. The number of carbonyl (C=O) groups is 1. The predicted octanol–water partition coefficient (Wildman–Crippen LogP) is 0.815. The topological polar surface area (TPSA) is 55.6 Å². The minimum absolute atomic E-state index is 0.491. The van der Waals surface area contributed by atoms with Crippen molar-refractivity contribution in [3.8, 4) is 0 Å². The van der Waals surface area contributed by atoms with E-state index in [-0.39, 0.29) is 0 Å². The lowest BCUT2D eigenvalue weighted by atomic mass is 10.3. The van der Waals surface area contributed by atoms with Crippen molar-refractivity contribution in [2.24, 2.45) is 5.90 Å². The summed E-state index contributed by atoms with van der Waals surface area (Å²) in [5.74, 6) is 4.76. The summed E-state index contributed by atoms with van der Waals surface area (Å²) in [6.45, 7) is 3.07. The Morgan fingerprint density at radius 2 is 2.50 bits per heavy atom. The molecule has 4 nitrogen and oxygen atoms in total. The highest BCUT2D eigenvalue weighted by Crippen LogP contribution is 2.04. The van der Waals surface area contributed by atoms with E-state index in [9.17, 15) is 4.79 Å². The molecule has 0 aromatic carbocycles. The van der Waals surface area contributed by atoms with Gasteiger partial charge in [0.15, 0.2) is 0 Å². The molecule has 1 amide bonds. The van der Waals surface area contributed by atoms with Crippen LogP contribution < -0.4 is 5.90 Å². The van der Waals surface area contributed by atoms with Gasteiger partial charge in [0.2, 0.25) is 0 Å². The summed E-state index contributed by atoms with van der Waals surface area (Å²) >= 11 is 0. The Hall–Kier alpha value is -1.29. The molecule has 0 unspecified atom stereocenters. The third kappa shape index (κ3) is 2.10. The van der Waals surface area contributed by atoms with Gasteiger partial charge in [-0.05, 0) is 6.92 Å². The van der Waals surface area contributed by atoms with E-state index in [1.54, 1.807) is 0 Å². The molecule has 0 fully saturated rings. The number of allylic oxidation sites excluding steroid dienone is 2. The monoisotopic (exact) mass is 168 g/mol. The molecule has 2 N–H and O–H groups in total. The maximum absolute atomic E-state index is 11.0. The van der Waals surface area contributed by atoms with Crippen LogP contribution >= 0.6 is 0 Å². The molecule has 1 heterocycles. The molecule has 66 valence electrons. The molecule has 0 spiro atoms. The minimum Gasteiger partial charge on any atom is -0.357 e. The molecule has 1 rings (SSSR count). The highest BCUT2D eigenvalue weighted by molar-refractivity contribution is 5.68. The number of hydrogen-bond acceptors (Lipinski definition) is 3. The summed E-state index contributed by atoms with van der Waals surface area (Å²) in [6, 6.07) is 0. The third-order valence-electron chi connectivity index (χ3n) is 1.64. The van der Waals surface area contributed by atoms with Crippen molar-refractivity contribution in [1.29, 1.82) is 0 Å². The summed E-state index contributed by atoms with van der Waals surface area (Å²) < 4.78 is 0. The van der Waals surface area contributed by atoms with Crippen molar-refractivity contribution < 1.29 is 9.63 Å². The van der Waals surface area contributed by atoms with E-state index in [0.717, 1.165) is 5.57 Å². The van der Waals surface area contributed by atoms with Gasteiger partial charge in [-0.2, -0.15) is 5.90 Å². The molecule has 1 aliphatic rings. The van der Waals surface area contributed by atoms with Gasteiger partial charge in [-0.15, -0.1) is 0 Å². The molecule has 0 saturated carbocycles. The highest BCUT2D eigenvalue weighted by atomic mass is 16.7. The summed E-state index contributed by atoms with van der Waals surface area (Å²) in [5.41, 5.74) is 1.11. The van der Waals surface area contributed by atoms with Gasteiger partial charge in [-0.3, -0.25) is 4.90 Å². The Kier molecular flexibility index (Phi) is 2.88. The van der Waals surface area contributed by atoms with Gasteiger partial charge in [0, 0.05) is 13.1 Å². The number of amides is 1. The van der Waals surface area contributed by atoms with Crippen LogP contribution in [-0.4, -0.2) is 24.1 Å². The van der Waals surface area contributed by atoms with Gasteiger partial charge in [-0.25, -0.2) is 4.79 Å². The number of hydrogen-bond donors (Lipinski definition) is 1. The molecule has 0 bridgehead atoms. The van der Waals surface area contributed by atoms with E-state index in [0.29, 0.717) is 13.1 Å². The summed E-state index contributed by atoms with van der Waals surface area (Å²) in [4.78, 5) is 16.6. The average molecular weight is 168 g/mol. The van der Waals surface area contributed by atoms with Crippen LogP contribution in [0.25, 0.3) is 0 Å². The van der Waals surface area contributed by atoms with Gasteiger partial charge >= 0.3 is 6.09 Å². The SMILES string of the molecule is CC1=CC=CCN(C(=O)ON)C1. The molecule has 0 radical (unpaired) electrons. The largest absolute Gasteiger partial charge is 0.429 e. The van der Waals surface area contributed by atoms with Gasteiger partial charge in [0.05, 0.1) is 0 Å². The molecule has 4 heteroatoms. The minimum atomic E-state index is -0.491. The molecule has 0 saturated heterocycles. The Bertz CT molecular complexity index is 233. The van der Waals surface area contributed by atoms with E-state index >= 15 is 0 Å². The smallest absolute Gasteiger partial charge is 0.357 e. The second-order valence-corrected chi connectivity index (χ2v) is 2.71. The van der Waals surface area contributed by atoms with Crippen LogP contribution in [0.3, 0.4) is 0 Å². The van der Waals surface area contributed by atoms with Crippen molar-refractivity contribution in [2.75, 3.05) is 13.1 Å². The van der Waals surface area contributed by atoms with Crippen LogP contribution in [-0.2, 0) is 4.84 Å². The van der Waals surface area contributed by atoms with Crippen molar-refractivity contribution >= 4 is 6.09 Å². The number of rotatable bonds is 0. The van der Waals surface area contributed by atoms with E-state index in [2.05, 4.69) is 4.84 Å². The third-order valence-corrected chi connectivity index (χ3v) is 1.64. The maximum atomic E-state index is 11.0. The fourth-order valence-electron chi connectivity index (χ4n) is 1.05. The molecule has 0 aliphatic carbocycles. The lowest BCUT2D eigenvalue weighted by Crippen LogP contribution is -2.34. The molecule has 12 heavy (non-hydrogen) atoms. The van der Waals surface area contributed by atoms with Crippen LogP contribution in [0, 0.1) is 0 Å². The summed E-state index contributed by atoms with van der Waals surface area (Å²) in [7, 11) is 0. The van der Waals surface area contributed by atoms with Crippen LogP contribution in [0.4, 0.5) is 4.79 Å². The maximum Gasteiger partial charge on any atom is 0.429 e. The first kappa shape index (κ1) is 8.80. The van der Waals surface area contributed by atoms with Gasteiger partial charge in [-0.1, -0.05) is 23.8 Å². The van der Waals surface area contributed by atoms with E-state index in [4.69, 9.17) is 5.90 Å². The fraction of sp³-hybridized carbons (Fsp3) is 0.375. The second kappa shape index (κ2) is 3.92. The Labute approximate surface area is 71.2 Å². The van der Waals surface area contributed by atoms with E-state index in [1.165, 1.54) is 4.90 Å². The first-order valence-corrected chi connectivity index (χ1v) is 3.72. The number of nitrogens with two attached hydrogens (primary N) is 1. The lowest BCUT2D eigenvalue weighted by molar-refractivity contribution is 0.110. The number of nitrogens with zero attached hydrogens (tertiary/aromatic N) is 1. The first-order valence-electron chi connectivity index (χ1n) is 3.72. The van der Waals surface area contributed by atoms with Gasteiger partial charge < -0.3 is 4.84 Å². The predicted molar refractivity (Wildman–Crippen MR) is 45.1 cm³/mol. The zero-order valence-electron chi connectivity index (χ0n) is 6.99. The van der Waals surface area contributed by atoms with Crippen molar-refractivity contribution in [3.63, 3.8) is 0 Å². The van der Waals surface area contributed by atoms with Crippen LogP contribution in [0.1, 0.15) is 6.92 Å². The molecule has 0 aromatic rings. The van der Waals surface area contributed by atoms with E-state index in [1.807, 2.05) is 25.2 Å². The van der Waals surface area contributed by atoms with Crippen LogP contribution in [0.2, 0.25) is 0 Å². The Morgan fingerprint density at radius 3 is 3.17 bits per heavy atom. The normalized spacial score (nSPS) is 16.8. The van der Waals surface area contributed by atoms with Crippen molar-refractivity contribution in [1.82, 2.24) is 4.90 Å². The quantitative estimate of drug-likeness (QED) is 0.545. The summed E-state index contributed by atoms with van der Waals surface area (Å²) in [6.07, 6.45) is 5.27. The number of carbonyl (C=O) groups excluding carboxylic acids is 1. The lowest BCUT2D eigenvalue weighted by Gasteiger charge is -2.17. The molecular weight excluding hydrogens is 156 g/mol. The van der Waals surface area contributed by atoms with Crippen LogP contribution in [0.5, 0.6) is 0 Å². The van der Waals surface area contributed by atoms with Gasteiger partial charge in [0.1, 0.15) is 0 Å². The standard InChI is InChI=1S/C8H12N2O2/c1-7-4-2-3-5-10(6-7)8(11)12-9/h2-4H,5-6,9H2,1H3. The molecule has 0 aromatic heterocycles. The van der Waals surface area contributed by atoms with E-state index < -0.39 is 6.09 Å². The molecular formula is C8H12N2O2. The first-order chi connectivity index (χ1) is 5.74. The Morgan fingerprint density at radius 1 is 1.75 bits per heavy atom. The zero-order chi connectivity index (χ0) is 8.97. The molecule has 1 aliphatic heterocycles. The Balaban J connectivity index is 2.63.